The zero-order chi connectivity index (χ0) is 17.2. The molecule has 2 N–H and O–H groups in total. The first-order valence-electron chi connectivity index (χ1n) is 8.39. The number of hydrogen-bond donors (Lipinski definition) is 2. The second-order valence-corrected chi connectivity index (χ2v) is 5.97. The number of pyridine rings is 1. The summed E-state index contributed by atoms with van der Waals surface area (Å²) in [6, 6.07) is 5.87. The van der Waals surface area contributed by atoms with Crippen LogP contribution in [0, 0.1) is 0 Å². The lowest BCUT2D eigenvalue weighted by atomic mass is 10.2. The van der Waals surface area contributed by atoms with Gasteiger partial charge < -0.3 is 20.3 Å². The average molecular weight is 333 g/mol. The summed E-state index contributed by atoms with van der Waals surface area (Å²) in [7, 11) is 3.46. The van der Waals surface area contributed by atoms with Gasteiger partial charge in [0.2, 0.25) is 5.91 Å². The zero-order valence-electron chi connectivity index (χ0n) is 14.5. The van der Waals surface area contributed by atoms with Crippen LogP contribution in [0.1, 0.15) is 18.5 Å². The molecule has 1 amide bonds. The predicted molar refractivity (Wildman–Crippen MR) is 93.9 cm³/mol. The minimum atomic E-state index is -0.0297. The van der Waals surface area contributed by atoms with Crippen molar-refractivity contribution in [3.05, 3.63) is 30.1 Å². The minimum absolute atomic E-state index is 0.0297. The maximum Gasteiger partial charge on any atom is 0.243 e. The van der Waals surface area contributed by atoms with Crippen molar-refractivity contribution >= 4 is 11.9 Å². The van der Waals surface area contributed by atoms with Gasteiger partial charge in [-0.05, 0) is 25.0 Å². The Balaban J connectivity index is 1.83. The first kappa shape index (κ1) is 18.2. The fraction of sp³-hybridized carbons (Fsp3) is 0.588. The number of hydrogen-bond acceptors (Lipinski definition) is 4. The first-order chi connectivity index (χ1) is 11.6. The minimum Gasteiger partial charge on any atom is -0.376 e. The van der Waals surface area contributed by atoms with Crippen molar-refractivity contribution in [2.45, 2.75) is 25.4 Å². The van der Waals surface area contributed by atoms with Gasteiger partial charge in [-0.2, -0.15) is 0 Å². The van der Waals surface area contributed by atoms with Gasteiger partial charge in [0.1, 0.15) is 6.54 Å². The summed E-state index contributed by atoms with van der Waals surface area (Å²) >= 11 is 0. The Morgan fingerprint density at radius 3 is 2.96 bits per heavy atom. The van der Waals surface area contributed by atoms with Gasteiger partial charge in [-0.25, -0.2) is 4.99 Å². The molecule has 0 saturated carbocycles. The van der Waals surface area contributed by atoms with Crippen LogP contribution in [0.5, 0.6) is 0 Å². The van der Waals surface area contributed by atoms with Gasteiger partial charge in [0.05, 0.1) is 6.10 Å². The van der Waals surface area contributed by atoms with Crippen molar-refractivity contribution < 1.29 is 9.53 Å². The molecule has 132 valence electrons. The third-order valence-electron chi connectivity index (χ3n) is 3.79. The van der Waals surface area contributed by atoms with E-state index in [0.29, 0.717) is 19.0 Å². The molecule has 0 radical (unpaired) electrons. The molecule has 1 aromatic rings. The molecular weight excluding hydrogens is 306 g/mol. The average Bonchev–Trinajstić information content (AvgIpc) is 3.10. The van der Waals surface area contributed by atoms with Crippen molar-refractivity contribution in [3.63, 3.8) is 0 Å². The number of nitrogens with zero attached hydrogens (tertiary/aromatic N) is 3. The molecule has 24 heavy (non-hydrogen) atoms. The molecule has 0 bridgehead atoms. The van der Waals surface area contributed by atoms with Gasteiger partial charge in [0.15, 0.2) is 5.96 Å². The third kappa shape index (κ3) is 6.54. The Bertz CT molecular complexity index is 527. The van der Waals surface area contributed by atoms with Crippen LogP contribution in [0.4, 0.5) is 0 Å². The van der Waals surface area contributed by atoms with Crippen molar-refractivity contribution in [2.75, 3.05) is 40.3 Å². The fourth-order valence-corrected chi connectivity index (χ4v) is 2.33. The summed E-state index contributed by atoms with van der Waals surface area (Å²) < 4.78 is 5.61. The van der Waals surface area contributed by atoms with E-state index in [4.69, 9.17) is 4.74 Å². The normalized spacial score (nSPS) is 17.6. The summed E-state index contributed by atoms with van der Waals surface area (Å²) in [5.74, 6) is 0.606. The van der Waals surface area contributed by atoms with Crippen LogP contribution in [0.2, 0.25) is 0 Å². The second-order valence-electron chi connectivity index (χ2n) is 5.97. The smallest absolute Gasteiger partial charge is 0.243 e. The molecule has 2 rings (SSSR count). The predicted octanol–water partition coefficient (Wildman–Crippen LogP) is 0.427. The highest BCUT2D eigenvalue weighted by Crippen LogP contribution is 2.10. The molecule has 1 aliphatic heterocycles. The van der Waals surface area contributed by atoms with Gasteiger partial charge in [0, 0.05) is 52.1 Å². The van der Waals surface area contributed by atoms with Crippen molar-refractivity contribution in [1.82, 2.24) is 20.5 Å². The van der Waals surface area contributed by atoms with E-state index in [1.807, 2.05) is 18.2 Å². The topological polar surface area (TPSA) is 78.9 Å². The van der Waals surface area contributed by atoms with Crippen LogP contribution in [0.25, 0.3) is 0 Å². The molecule has 7 heteroatoms. The number of guanidine groups is 1. The quantitative estimate of drug-likeness (QED) is 0.559. The maximum atomic E-state index is 11.7. The number of rotatable bonds is 7. The molecule has 1 aromatic heterocycles. The van der Waals surface area contributed by atoms with Gasteiger partial charge in [-0.15, -0.1) is 0 Å². The second kappa shape index (κ2) is 9.87. The summed E-state index contributed by atoms with van der Waals surface area (Å²) in [6.07, 6.45) is 4.96. The summed E-state index contributed by atoms with van der Waals surface area (Å²) in [5, 5.41) is 6.52. The van der Waals surface area contributed by atoms with Crippen LogP contribution in [-0.4, -0.2) is 68.2 Å². The Labute approximate surface area is 143 Å². The van der Waals surface area contributed by atoms with Crippen molar-refractivity contribution in [1.29, 1.82) is 0 Å². The van der Waals surface area contributed by atoms with Crippen LogP contribution >= 0.6 is 0 Å². The van der Waals surface area contributed by atoms with Crippen molar-refractivity contribution in [3.8, 4) is 0 Å². The van der Waals surface area contributed by atoms with Crippen molar-refractivity contribution in [2.24, 2.45) is 4.99 Å². The van der Waals surface area contributed by atoms with Crippen LogP contribution in [0.15, 0.2) is 29.4 Å². The van der Waals surface area contributed by atoms with Crippen LogP contribution in [-0.2, 0) is 16.0 Å². The monoisotopic (exact) mass is 333 g/mol. The Hall–Kier alpha value is -2.15. The molecule has 0 aromatic carbocycles. The van der Waals surface area contributed by atoms with Crippen LogP contribution < -0.4 is 10.6 Å². The Morgan fingerprint density at radius 1 is 1.42 bits per heavy atom. The van der Waals surface area contributed by atoms with Gasteiger partial charge in [-0.3, -0.25) is 9.78 Å². The lowest BCUT2D eigenvalue weighted by molar-refractivity contribution is -0.127. The van der Waals surface area contributed by atoms with E-state index in [1.54, 1.807) is 20.3 Å². The standard InChI is InChI=1S/C17H27N5O2/c1-22(2)16(23)13-21-17(20-12-15-7-5-11-24-15)19-10-8-14-6-3-4-9-18-14/h3-4,6,9,15H,5,7-8,10-13H2,1-2H3,(H2,19,20,21). The van der Waals surface area contributed by atoms with E-state index in [-0.39, 0.29) is 18.6 Å². The number of likely N-dealkylation sites (N-methyl/N-ethyl adjacent to an activating group) is 1. The highest BCUT2D eigenvalue weighted by atomic mass is 16.5. The molecular formula is C17H27N5O2. The van der Waals surface area contributed by atoms with Crippen LogP contribution in [0.3, 0.4) is 0 Å². The molecule has 1 saturated heterocycles. The van der Waals surface area contributed by atoms with E-state index < -0.39 is 0 Å². The number of nitrogens with one attached hydrogen (secondary N) is 2. The highest BCUT2D eigenvalue weighted by molar-refractivity contribution is 5.84. The number of aliphatic imine (C=N–C) groups is 1. The Kier molecular flexibility index (Phi) is 7.48. The lowest BCUT2D eigenvalue weighted by Crippen LogP contribution is -2.42. The largest absolute Gasteiger partial charge is 0.376 e. The highest BCUT2D eigenvalue weighted by Gasteiger charge is 2.15. The number of ether oxygens (including phenoxy) is 1. The molecule has 7 nitrogen and oxygen atoms in total. The third-order valence-corrected chi connectivity index (χ3v) is 3.79. The number of carbonyl (C=O) groups excluding carboxylic acids is 1. The molecule has 2 heterocycles. The summed E-state index contributed by atoms with van der Waals surface area (Å²) in [6.45, 7) is 2.35. The van der Waals surface area contributed by atoms with E-state index in [0.717, 1.165) is 31.6 Å². The SMILES string of the molecule is CN(C)C(=O)CN=C(NCCc1ccccn1)NCC1CCCO1. The zero-order valence-corrected chi connectivity index (χ0v) is 14.5. The van der Waals surface area contributed by atoms with Gasteiger partial charge >= 0.3 is 0 Å². The molecule has 1 atom stereocenters. The summed E-state index contributed by atoms with van der Waals surface area (Å²) in [4.78, 5) is 21.9. The van der Waals surface area contributed by atoms with Gasteiger partial charge in [0.25, 0.3) is 0 Å². The van der Waals surface area contributed by atoms with E-state index in [1.165, 1.54) is 4.90 Å². The number of aromatic nitrogens is 1. The Morgan fingerprint density at radius 2 is 2.29 bits per heavy atom. The molecule has 1 aliphatic rings. The molecule has 0 spiro atoms. The maximum absolute atomic E-state index is 11.7. The van der Waals surface area contributed by atoms with E-state index >= 15 is 0 Å². The lowest BCUT2D eigenvalue weighted by Gasteiger charge is -2.16. The van der Waals surface area contributed by atoms with E-state index in [2.05, 4.69) is 20.6 Å². The summed E-state index contributed by atoms with van der Waals surface area (Å²) in [5.41, 5.74) is 1.02. The number of amides is 1. The number of carbonyl (C=O) groups is 1. The molecule has 1 unspecified atom stereocenters. The molecule has 0 aliphatic carbocycles. The fourth-order valence-electron chi connectivity index (χ4n) is 2.33. The van der Waals surface area contributed by atoms with Gasteiger partial charge in [-0.1, -0.05) is 6.07 Å². The van der Waals surface area contributed by atoms with E-state index in [9.17, 15) is 4.79 Å². The first-order valence-corrected chi connectivity index (χ1v) is 8.39. The molecule has 1 fully saturated rings.